The van der Waals surface area contributed by atoms with Gasteiger partial charge in [0.25, 0.3) is 0 Å². The van der Waals surface area contributed by atoms with E-state index in [-0.39, 0.29) is 11.8 Å². The summed E-state index contributed by atoms with van der Waals surface area (Å²) >= 11 is 0. The molecule has 0 radical (unpaired) electrons. The molecule has 18 heavy (non-hydrogen) atoms. The topological polar surface area (TPSA) is 58.2 Å². The van der Waals surface area contributed by atoms with Crippen molar-refractivity contribution in [3.05, 3.63) is 35.9 Å². The second-order valence-electron chi connectivity index (χ2n) is 3.56. The summed E-state index contributed by atoms with van der Waals surface area (Å²) < 4.78 is 0. The molecule has 0 bridgehead atoms. The van der Waals surface area contributed by atoms with Crippen LogP contribution in [0.4, 0.5) is 0 Å². The number of rotatable bonds is 4. The fourth-order valence-electron chi connectivity index (χ4n) is 1.48. The highest BCUT2D eigenvalue weighted by Crippen LogP contribution is 2.03. The monoisotopic (exact) mass is 250 g/mol. The van der Waals surface area contributed by atoms with E-state index in [0.717, 1.165) is 5.56 Å². The molecule has 0 aliphatic heterocycles. The summed E-state index contributed by atoms with van der Waals surface area (Å²) in [6.07, 6.45) is 0.500. The normalized spacial score (nSPS) is 10.7. The van der Waals surface area contributed by atoms with Gasteiger partial charge >= 0.3 is 0 Å². The van der Waals surface area contributed by atoms with Crippen molar-refractivity contribution in [1.82, 2.24) is 10.6 Å². The Morgan fingerprint density at radius 3 is 2.17 bits per heavy atom. The van der Waals surface area contributed by atoms with Gasteiger partial charge in [0.1, 0.15) is 6.04 Å². The van der Waals surface area contributed by atoms with Crippen LogP contribution in [0.3, 0.4) is 0 Å². The number of hydrogen-bond donors (Lipinski definition) is 2. The minimum absolute atomic E-state index is 0.181. The second kappa shape index (κ2) is 9.22. The molecule has 0 spiro atoms. The molecule has 0 aliphatic rings. The van der Waals surface area contributed by atoms with Crippen LogP contribution in [0.15, 0.2) is 30.3 Å². The molecule has 0 heterocycles. The smallest absolute Gasteiger partial charge is 0.242 e. The lowest BCUT2D eigenvalue weighted by Crippen LogP contribution is -2.46. The predicted octanol–water partition coefficient (Wildman–Crippen LogP) is 1.51. The largest absolute Gasteiger partial charge is 0.357 e. The van der Waals surface area contributed by atoms with Crippen LogP contribution in [0.5, 0.6) is 0 Å². The van der Waals surface area contributed by atoms with Crippen LogP contribution in [0.25, 0.3) is 0 Å². The molecule has 100 valence electrons. The van der Waals surface area contributed by atoms with E-state index in [1.165, 1.54) is 6.92 Å². The maximum atomic E-state index is 11.5. The fraction of sp³-hybridized carbons (Fsp3) is 0.429. The first-order valence-corrected chi connectivity index (χ1v) is 6.16. The number of amides is 2. The number of nitrogens with one attached hydrogen (secondary N) is 2. The molecule has 0 saturated heterocycles. The van der Waals surface area contributed by atoms with Gasteiger partial charge < -0.3 is 10.6 Å². The van der Waals surface area contributed by atoms with Gasteiger partial charge in [0.05, 0.1) is 0 Å². The third-order valence-corrected chi connectivity index (χ3v) is 2.22. The molecule has 1 atom stereocenters. The van der Waals surface area contributed by atoms with E-state index in [9.17, 15) is 9.59 Å². The summed E-state index contributed by atoms with van der Waals surface area (Å²) in [7, 11) is 1.56. The second-order valence-corrected chi connectivity index (χ2v) is 3.56. The first-order chi connectivity index (χ1) is 8.63. The van der Waals surface area contributed by atoms with E-state index >= 15 is 0 Å². The molecule has 1 rings (SSSR count). The standard InChI is InChI=1S/C12H16N2O2.C2H6/c1-9(15)14-11(12(16)13-2)8-10-6-4-3-5-7-10;1-2/h3-7,11H,8H2,1-2H3,(H,13,16)(H,14,15);1-2H3/t11-;/m0./s1. The van der Waals surface area contributed by atoms with Crippen LogP contribution in [-0.2, 0) is 16.0 Å². The summed E-state index contributed by atoms with van der Waals surface area (Å²) in [6.45, 7) is 5.40. The Hall–Kier alpha value is -1.84. The predicted molar refractivity (Wildman–Crippen MR) is 73.2 cm³/mol. The van der Waals surface area contributed by atoms with E-state index < -0.39 is 6.04 Å². The minimum atomic E-state index is -0.509. The Kier molecular flexibility index (Phi) is 8.27. The van der Waals surface area contributed by atoms with Crippen LogP contribution in [0.2, 0.25) is 0 Å². The molecule has 0 fully saturated rings. The number of carbonyl (C=O) groups is 2. The van der Waals surface area contributed by atoms with Gasteiger partial charge in [0.2, 0.25) is 11.8 Å². The van der Waals surface area contributed by atoms with Crippen molar-refractivity contribution in [2.45, 2.75) is 33.2 Å². The van der Waals surface area contributed by atoms with Crippen molar-refractivity contribution >= 4 is 11.8 Å². The highest BCUT2D eigenvalue weighted by Gasteiger charge is 2.18. The lowest BCUT2D eigenvalue weighted by molar-refractivity contribution is -0.127. The Morgan fingerprint density at radius 1 is 1.17 bits per heavy atom. The maximum Gasteiger partial charge on any atom is 0.242 e. The SMILES string of the molecule is CC.CNC(=O)[C@H](Cc1ccccc1)NC(C)=O. The molecular weight excluding hydrogens is 228 g/mol. The van der Waals surface area contributed by atoms with Crippen molar-refractivity contribution in [3.8, 4) is 0 Å². The van der Waals surface area contributed by atoms with Gasteiger partial charge in [-0.3, -0.25) is 9.59 Å². The van der Waals surface area contributed by atoms with E-state index in [4.69, 9.17) is 0 Å². The highest BCUT2D eigenvalue weighted by molar-refractivity contribution is 5.86. The Morgan fingerprint density at radius 2 is 1.72 bits per heavy atom. The van der Waals surface area contributed by atoms with Gasteiger partial charge in [-0.25, -0.2) is 0 Å². The maximum absolute atomic E-state index is 11.5. The van der Waals surface area contributed by atoms with Crippen molar-refractivity contribution in [2.75, 3.05) is 7.05 Å². The number of likely N-dealkylation sites (N-methyl/N-ethyl adjacent to an activating group) is 1. The average Bonchev–Trinajstić information content (AvgIpc) is 2.40. The zero-order valence-electron chi connectivity index (χ0n) is 11.5. The van der Waals surface area contributed by atoms with E-state index in [1.54, 1.807) is 7.05 Å². The first kappa shape index (κ1) is 16.2. The third kappa shape index (κ3) is 6.03. The molecule has 0 aromatic heterocycles. The zero-order valence-corrected chi connectivity index (χ0v) is 11.5. The molecule has 1 aromatic carbocycles. The van der Waals surface area contributed by atoms with Crippen molar-refractivity contribution in [2.24, 2.45) is 0 Å². The molecule has 4 nitrogen and oxygen atoms in total. The molecule has 2 amide bonds. The van der Waals surface area contributed by atoms with Gasteiger partial charge in [-0.15, -0.1) is 0 Å². The molecule has 4 heteroatoms. The summed E-state index contributed by atoms with van der Waals surface area (Å²) in [4.78, 5) is 22.5. The summed E-state index contributed by atoms with van der Waals surface area (Å²) in [6, 6.07) is 9.07. The van der Waals surface area contributed by atoms with Crippen molar-refractivity contribution < 1.29 is 9.59 Å². The van der Waals surface area contributed by atoms with E-state index in [1.807, 2.05) is 44.2 Å². The van der Waals surface area contributed by atoms with Crippen LogP contribution in [0.1, 0.15) is 26.3 Å². The Labute approximate surface area is 109 Å². The molecule has 0 unspecified atom stereocenters. The lowest BCUT2D eigenvalue weighted by atomic mass is 10.1. The molecule has 2 N–H and O–H groups in total. The summed E-state index contributed by atoms with van der Waals surface area (Å²) in [5.41, 5.74) is 1.02. The quantitative estimate of drug-likeness (QED) is 0.851. The Bertz CT molecular complexity index is 363. The zero-order chi connectivity index (χ0) is 14.0. The number of benzene rings is 1. The molecule has 0 saturated carbocycles. The number of carbonyl (C=O) groups excluding carboxylic acids is 2. The van der Waals surface area contributed by atoms with Crippen LogP contribution in [0, 0.1) is 0 Å². The summed E-state index contributed by atoms with van der Waals surface area (Å²) in [5, 5.41) is 5.17. The van der Waals surface area contributed by atoms with Gasteiger partial charge in [-0.2, -0.15) is 0 Å². The van der Waals surface area contributed by atoms with Crippen molar-refractivity contribution in [3.63, 3.8) is 0 Å². The van der Waals surface area contributed by atoms with Gasteiger partial charge in [-0.05, 0) is 5.56 Å². The average molecular weight is 250 g/mol. The number of hydrogen-bond acceptors (Lipinski definition) is 2. The fourth-order valence-corrected chi connectivity index (χ4v) is 1.48. The minimum Gasteiger partial charge on any atom is -0.357 e. The first-order valence-electron chi connectivity index (χ1n) is 6.16. The van der Waals surface area contributed by atoms with Gasteiger partial charge in [0, 0.05) is 20.4 Å². The van der Waals surface area contributed by atoms with Crippen LogP contribution >= 0.6 is 0 Å². The van der Waals surface area contributed by atoms with Crippen LogP contribution in [-0.4, -0.2) is 24.9 Å². The van der Waals surface area contributed by atoms with Crippen LogP contribution < -0.4 is 10.6 Å². The van der Waals surface area contributed by atoms with E-state index in [0.29, 0.717) is 6.42 Å². The summed E-state index contributed by atoms with van der Waals surface area (Å²) in [5.74, 6) is -0.386. The Balaban J connectivity index is 0.00000137. The molecule has 0 aliphatic carbocycles. The molecular formula is C14H22N2O2. The van der Waals surface area contributed by atoms with Gasteiger partial charge in [-0.1, -0.05) is 44.2 Å². The lowest BCUT2D eigenvalue weighted by Gasteiger charge is -2.16. The third-order valence-electron chi connectivity index (χ3n) is 2.22. The van der Waals surface area contributed by atoms with Crippen molar-refractivity contribution in [1.29, 1.82) is 0 Å². The van der Waals surface area contributed by atoms with E-state index in [2.05, 4.69) is 10.6 Å². The van der Waals surface area contributed by atoms with Gasteiger partial charge in [0.15, 0.2) is 0 Å². The molecule has 1 aromatic rings. The highest BCUT2D eigenvalue weighted by atomic mass is 16.2.